The number of rotatable bonds is 12. The zero-order valence-electron chi connectivity index (χ0n) is 47.8. The molecular weight excluding hydrogens is 1050 g/mol. The van der Waals surface area contributed by atoms with Gasteiger partial charge >= 0.3 is 0 Å². The van der Waals surface area contributed by atoms with Crippen LogP contribution in [0.5, 0.6) is 11.5 Å². The van der Waals surface area contributed by atoms with Gasteiger partial charge in [0, 0.05) is 85.9 Å². The molecule has 14 nitrogen and oxygen atoms in total. The number of ether oxygens (including phenoxy) is 4. The normalized spacial score (nSPS) is 15.6. The molecule has 2 N–H and O–H groups in total. The van der Waals surface area contributed by atoms with Gasteiger partial charge in [-0.15, -0.1) is 0 Å². The van der Waals surface area contributed by atoms with Crippen molar-refractivity contribution < 1.29 is 46.7 Å². The predicted octanol–water partition coefficient (Wildman–Crippen LogP) is 12.9. The molecule has 0 amide bonds. The van der Waals surface area contributed by atoms with Crippen LogP contribution in [0.25, 0.3) is 66.4 Å². The quantitative estimate of drug-likeness (QED) is 0.113. The van der Waals surface area contributed by atoms with Gasteiger partial charge in [-0.2, -0.15) is 8.78 Å². The molecule has 2 atom stereocenters. The summed E-state index contributed by atoms with van der Waals surface area (Å²) in [6, 6.07) is 20.8. The third kappa shape index (κ3) is 9.96. The summed E-state index contributed by atoms with van der Waals surface area (Å²) in [5, 5.41) is 23.6. The van der Waals surface area contributed by atoms with E-state index in [1.165, 1.54) is 26.4 Å². The molecule has 6 aromatic heterocycles. The fourth-order valence-electron chi connectivity index (χ4n) is 12.5. The molecule has 2 saturated heterocycles. The Labute approximate surface area is 472 Å². The highest BCUT2D eigenvalue weighted by Gasteiger charge is 2.36. The molecule has 0 aliphatic carbocycles. The third-order valence-corrected chi connectivity index (χ3v) is 16.7. The van der Waals surface area contributed by atoms with Crippen LogP contribution in [-0.2, 0) is 34.8 Å². The van der Waals surface area contributed by atoms with Crippen molar-refractivity contribution >= 4 is 43.9 Å². The molecule has 0 saturated carbocycles. The summed E-state index contributed by atoms with van der Waals surface area (Å²) in [6.07, 6.45) is 9.90. The minimum Gasteiger partial charge on any atom is -0.494 e. The summed E-state index contributed by atoms with van der Waals surface area (Å²) in [5.74, 6) is -4.25. The molecule has 4 aromatic carbocycles. The molecule has 2 unspecified atom stereocenters. The Hall–Kier alpha value is -7.64. The second-order valence-electron chi connectivity index (χ2n) is 22.8. The number of nitrogens with zero attached hydrogens (tertiary/aromatic N) is 8. The highest BCUT2D eigenvalue weighted by Crippen LogP contribution is 2.46. The molecule has 2 fully saturated rings. The second kappa shape index (κ2) is 21.9. The minimum atomic E-state index is -1.11. The molecule has 12 rings (SSSR count). The van der Waals surface area contributed by atoms with E-state index in [9.17, 15) is 10.2 Å². The lowest BCUT2D eigenvalue weighted by molar-refractivity contribution is 0.0546. The van der Waals surface area contributed by atoms with Gasteiger partial charge in [0.05, 0.1) is 106 Å². The molecule has 2 aliphatic heterocycles. The summed E-state index contributed by atoms with van der Waals surface area (Å²) >= 11 is 0. The van der Waals surface area contributed by atoms with Crippen LogP contribution >= 0.6 is 0 Å². The number of aliphatic hydroxyl groups is 2. The summed E-state index contributed by atoms with van der Waals surface area (Å²) in [5.41, 5.74) is 9.68. The predicted molar refractivity (Wildman–Crippen MR) is 308 cm³/mol. The second-order valence-corrected chi connectivity index (χ2v) is 22.8. The maximum Gasteiger partial charge on any atom is 0.200 e. The van der Waals surface area contributed by atoms with E-state index in [1.807, 2.05) is 85.9 Å². The van der Waals surface area contributed by atoms with Gasteiger partial charge < -0.3 is 47.4 Å². The molecule has 2 aliphatic rings. The third-order valence-electron chi connectivity index (χ3n) is 16.7. The van der Waals surface area contributed by atoms with Gasteiger partial charge in [-0.3, -0.25) is 9.97 Å². The van der Waals surface area contributed by atoms with E-state index >= 15 is 17.6 Å². The van der Waals surface area contributed by atoms with Crippen LogP contribution in [0.2, 0.25) is 0 Å². The summed E-state index contributed by atoms with van der Waals surface area (Å²) in [6.45, 7) is 13.0. The van der Waals surface area contributed by atoms with Crippen molar-refractivity contribution in [2.24, 2.45) is 25.9 Å². The molecule has 0 bridgehead atoms. The maximum atomic E-state index is 16.0. The average Bonchev–Trinajstić information content (AvgIpc) is 4.40. The number of benzene rings is 4. The van der Waals surface area contributed by atoms with Crippen LogP contribution in [0, 0.1) is 49.0 Å². The van der Waals surface area contributed by atoms with Crippen LogP contribution in [0.1, 0.15) is 99.1 Å². The zero-order valence-corrected chi connectivity index (χ0v) is 47.8. The number of hydrogen-bond donors (Lipinski definition) is 2. The lowest BCUT2D eigenvalue weighted by Gasteiger charge is -2.33. The Morgan fingerprint density at radius 2 is 0.902 bits per heavy atom. The Morgan fingerprint density at radius 3 is 1.23 bits per heavy atom. The summed E-state index contributed by atoms with van der Waals surface area (Å²) in [4.78, 5) is 18.7. The first-order chi connectivity index (χ1) is 39.2. The van der Waals surface area contributed by atoms with Crippen molar-refractivity contribution in [2.75, 3.05) is 40.6 Å². The maximum absolute atomic E-state index is 16.0. The molecule has 428 valence electrons. The Morgan fingerprint density at radius 1 is 0.524 bits per heavy atom. The van der Waals surface area contributed by atoms with E-state index in [-0.39, 0.29) is 34.5 Å². The standard InChI is InChI=1S/2C32H34F2N4O3/c2*1-18-30(37(4)17-36-18)20-14-25-29(35-16-20)22-7-6-21(32(2,3)39)15-24(22)38(25)31(19-10-12-41-13-11-19)23-8-9-26(40-5)28(34)27(23)33/h2*6-9,14-17,19,31,39H,10-13H2,1-5H3. The smallest absolute Gasteiger partial charge is 0.200 e. The monoisotopic (exact) mass is 1120 g/mol. The average molecular weight is 1120 g/mol. The van der Waals surface area contributed by atoms with E-state index in [2.05, 4.69) is 31.2 Å². The summed E-state index contributed by atoms with van der Waals surface area (Å²) in [7, 11) is 6.52. The van der Waals surface area contributed by atoms with Gasteiger partial charge in [0.1, 0.15) is 0 Å². The Bertz CT molecular complexity index is 3750. The van der Waals surface area contributed by atoms with Gasteiger partial charge in [0.15, 0.2) is 23.1 Å². The molecule has 10 aromatic rings. The number of pyridine rings is 2. The number of aryl methyl sites for hydroxylation is 4. The molecule has 0 radical (unpaired) electrons. The number of aromatic nitrogens is 8. The lowest BCUT2D eigenvalue weighted by atomic mass is 9.86. The van der Waals surface area contributed by atoms with Crippen molar-refractivity contribution in [3.63, 3.8) is 0 Å². The number of hydrogen-bond acceptors (Lipinski definition) is 10. The van der Waals surface area contributed by atoms with E-state index in [0.717, 1.165) is 77.8 Å². The highest BCUT2D eigenvalue weighted by atomic mass is 19.2. The molecule has 18 heteroatoms. The molecular formula is C64H68F4N8O6. The van der Waals surface area contributed by atoms with Crippen LogP contribution in [0.3, 0.4) is 0 Å². The largest absolute Gasteiger partial charge is 0.494 e. The SMILES string of the molecule is COc1ccc(C(C2CCOCC2)n2c3cc(C(C)(C)O)ccc3c3ncc(-c4c(C)ncn4C)cc32)c(F)c1F.COc1ccc(C(C2CCOCC2)n2c3cc(C(C)(C)O)ccc3c3ncc(-c4c(C)ncn4C)cc32)c(F)c1F. The van der Waals surface area contributed by atoms with Crippen molar-refractivity contribution in [1.29, 1.82) is 0 Å². The van der Waals surface area contributed by atoms with Gasteiger partial charge in [0.25, 0.3) is 0 Å². The van der Waals surface area contributed by atoms with Gasteiger partial charge in [0.2, 0.25) is 11.6 Å². The van der Waals surface area contributed by atoms with Gasteiger partial charge in [-0.25, -0.2) is 18.7 Å². The van der Waals surface area contributed by atoms with Gasteiger partial charge in [-0.05, 0) is 127 Å². The van der Waals surface area contributed by atoms with Crippen molar-refractivity contribution in [3.8, 4) is 34.0 Å². The Kier molecular flexibility index (Phi) is 15.0. The number of halogens is 4. The van der Waals surface area contributed by atoms with E-state index in [1.54, 1.807) is 52.5 Å². The van der Waals surface area contributed by atoms with Crippen molar-refractivity contribution in [3.05, 3.63) is 155 Å². The number of methoxy groups -OCH3 is 2. The van der Waals surface area contributed by atoms with Crippen LogP contribution in [0.4, 0.5) is 17.6 Å². The highest BCUT2D eigenvalue weighted by molar-refractivity contribution is 6.08. The topological polar surface area (TPSA) is 149 Å². The van der Waals surface area contributed by atoms with E-state index < -0.39 is 46.6 Å². The van der Waals surface area contributed by atoms with Crippen LogP contribution < -0.4 is 9.47 Å². The van der Waals surface area contributed by atoms with E-state index in [4.69, 9.17) is 28.9 Å². The van der Waals surface area contributed by atoms with E-state index in [0.29, 0.717) is 63.2 Å². The van der Waals surface area contributed by atoms with Crippen molar-refractivity contribution in [1.82, 2.24) is 38.2 Å². The lowest BCUT2D eigenvalue weighted by Crippen LogP contribution is -2.28. The fraction of sp³-hybridized carbons (Fsp3) is 0.375. The molecule has 0 spiro atoms. The molecule has 82 heavy (non-hydrogen) atoms. The number of fused-ring (bicyclic) bond motifs is 6. The van der Waals surface area contributed by atoms with Crippen molar-refractivity contribution in [2.45, 2.75) is 90.5 Å². The first kappa shape index (κ1) is 56.2. The van der Waals surface area contributed by atoms with Crippen LogP contribution in [0.15, 0.2) is 97.8 Å². The van der Waals surface area contributed by atoms with Crippen LogP contribution in [-0.4, -0.2) is 89.1 Å². The van der Waals surface area contributed by atoms with Gasteiger partial charge in [-0.1, -0.05) is 36.4 Å². The molecule has 8 heterocycles. The first-order valence-corrected chi connectivity index (χ1v) is 27.7. The minimum absolute atomic E-state index is 0.0438. The number of imidazole rings is 2. The fourth-order valence-corrected chi connectivity index (χ4v) is 12.5. The summed E-state index contributed by atoms with van der Waals surface area (Å²) < 4.78 is 92.0. The Balaban J connectivity index is 0.000000172. The zero-order chi connectivity index (χ0) is 58.1. The first-order valence-electron chi connectivity index (χ1n) is 27.7.